The molecular weight excluding hydrogens is 287 g/mol. The van der Waals surface area contributed by atoms with Crippen LogP contribution in [0.1, 0.15) is 25.7 Å². The molecule has 0 aromatic carbocycles. The number of hydrogen-bond donors (Lipinski definition) is 2. The predicted octanol–water partition coefficient (Wildman–Crippen LogP) is 2.50. The zero-order chi connectivity index (χ0) is 13.7. The summed E-state index contributed by atoms with van der Waals surface area (Å²) in [5.74, 6) is 0.460. The van der Waals surface area contributed by atoms with Crippen molar-refractivity contribution in [2.24, 2.45) is 5.92 Å². The number of piperidine rings is 1. The Morgan fingerprint density at radius 1 is 1.42 bits per heavy atom. The first-order valence-electron chi connectivity index (χ1n) is 6.33. The van der Waals surface area contributed by atoms with E-state index in [-0.39, 0.29) is 21.9 Å². The van der Waals surface area contributed by atoms with Crippen LogP contribution in [-0.2, 0) is 4.79 Å². The molecule has 0 spiro atoms. The third-order valence-corrected chi connectivity index (χ3v) is 3.77. The highest BCUT2D eigenvalue weighted by molar-refractivity contribution is 6.38. The second-order valence-corrected chi connectivity index (χ2v) is 5.35. The molecule has 1 aromatic rings. The zero-order valence-electron chi connectivity index (χ0n) is 10.5. The van der Waals surface area contributed by atoms with E-state index >= 15 is 0 Å². The quantitative estimate of drug-likeness (QED) is 0.839. The number of carbonyl (C=O) groups is 1. The lowest BCUT2D eigenvalue weighted by atomic mass is 9.94. The molecule has 2 rings (SSSR count). The monoisotopic (exact) mass is 302 g/mol. The molecule has 0 saturated carbocycles. The van der Waals surface area contributed by atoms with E-state index in [9.17, 15) is 4.79 Å². The molecule has 2 heterocycles. The molecule has 1 fully saturated rings. The van der Waals surface area contributed by atoms with Crippen molar-refractivity contribution in [1.29, 1.82) is 0 Å². The Kier molecular flexibility index (Phi) is 5.36. The molecule has 1 unspecified atom stereocenters. The van der Waals surface area contributed by atoms with Gasteiger partial charge in [-0.2, -0.15) is 0 Å². The number of rotatable bonds is 4. The third-order valence-electron chi connectivity index (χ3n) is 3.20. The Bertz CT molecular complexity index is 429. The number of nitrogens with one attached hydrogen (secondary N) is 2. The Morgan fingerprint density at radius 3 is 2.79 bits per heavy atom. The van der Waals surface area contributed by atoms with Crippen molar-refractivity contribution in [1.82, 2.24) is 15.3 Å². The van der Waals surface area contributed by atoms with Crippen molar-refractivity contribution < 1.29 is 4.79 Å². The van der Waals surface area contributed by atoms with Crippen LogP contribution in [0.25, 0.3) is 0 Å². The van der Waals surface area contributed by atoms with Crippen molar-refractivity contribution in [3.8, 4) is 0 Å². The Morgan fingerprint density at radius 2 is 2.16 bits per heavy atom. The van der Waals surface area contributed by atoms with Gasteiger partial charge in [0.15, 0.2) is 10.3 Å². The Labute approximate surface area is 122 Å². The Balaban J connectivity index is 1.83. The highest BCUT2D eigenvalue weighted by atomic mass is 35.5. The van der Waals surface area contributed by atoms with E-state index < -0.39 is 0 Å². The fraction of sp³-hybridized carbons (Fsp3) is 0.583. The first-order chi connectivity index (χ1) is 9.16. The molecule has 1 aliphatic rings. The van der Waals surface area contributed by atoms with Crippen LogP contribution in [0.4, 0.5) is 5.69 Å². The lowest BCUT2D eigenvalue weighted by Gasteiger charge is -2.22. The van der Waals surface area contributed by atoms with Crippen LogP contribution in [0.5, 0.6) is 0 Å². The second kappa shape index (κ2) is 7.03. The van der Waals surface area contributed by atoms with Crippen molar-refractivity contribution >= 4 is 34.8 Å². The van der Waals surface area contributed by atoms with Crippen LogP contribution in [0.2, 0.25) is 10.3 Å². The molecule has 0 aliphatic carbocycles. The van der Waals surface area contributed by atoms with Gasteiger partial charge >= 0.3 is 0 Å². The van der Waals surface area contributed by atoms with Crippen molar-refractivity contribution in [3.05, 3.63) is 16.6 Å². The van der Waals surface area contributed by atoms with E-state index in [2.05, 4.69) is 20.6 Å². The van der Waals surface area contributed by atoms with Crippen LogP contribution < -0.4 is 10.6 Å². The molecule has 0 bridgehead atoms. The molecule has 1 aliphatic heterocycles. The molecular formula is C12H16Cl2N4O. The van der Waals surface area contributed by atoms with Crippen LogP contribution >= 0.6 is 23.2 Å². The number of anilines is 1. The lowest BCUT2D eigenvalue weighted by Crippen LogP contribution is -2.30. The number of halogens is 2. The van der Waals surface area contributed by atoms with E-state index in [0.29, 0.717) is 12.3 Å². The molecule has 1 amide bonds. The summed E-state index contributed by atoms with van der Waals surface area (Å²) in [6.45, 7) is 2.07. The fourth-order valence-corrected chi connectivity index (χ4v) is 2.56. The zero-order valence-corrected chi connectivity index (χ0v) is 12.0. The largest absolute Gasteiger partial charge is 0.321 e. The van der Waals surface area contributed by atoms with Gasteiger partial charge in [0, 0.05) is 6.42 Å². The number of nitrogens with zero attached hydrogens (tertiary/aromatic N) is 2. The number of aromatic nitrogens is 2. The van der Waals surface area contributed by atoms with Gasteiger partial charge in [0.25, 0.3) is 0 Å². The van der Waals surface area contributed by atoms with E-state index in [1.165, 1.54) is 19.2 Å². The van der Waals surface area contributed by atoms with Crippen LogP contribution in [0.15, 0.2) is 6.33 Å². The molecule has 0 radical (unpaired) electrons. The van der Waals surface area contributed by atoms with Crippen LogP contribution in [0.3, 0.4) is 0 Å². The molecule has 1 atom stereocenters. The molecule has 2 N–H and O–H groups in total. The maximum absolute atomic E-state index is 11.9. The van der Waals surface area contributed by atoms with Crippen LogP contribution in [0, 0.1) is 5.92 Å². The first-order valence-corrected chi connectivity index (χ1v) is 7.09. The summed E-state index contributed by atoms with van der Waals surface area (Å²) in [6.07, 6.45) is 4.93. The van der Waals surface area contributed by atoms with Gasteiger partial charge in [0.05, 0.1) is 0 Å². The maximum Gasteiger partial charge on any atom is 0.224 e. The molecule has 1 saturated heterocycles. The summed E-state index contributed by atoms with van der Waals surface area (Å²) in [5, 5.41) is 6.32. The summed E-state index contributed by atoms with van der Waals surface area (Å²) in [4.78, 5) is 19.4. The van der Waals surface area contributed by atoms with Gasteiger partial charge in [0.1, 0.15) is 12.0 Å². The average molecular weight is 303 g/mol. The van der Waals surface area contributed by atoms with E-state index in [4.69, 9.17) is 23.2 Å². The Hall–Kier alpha value is -0.910. The van der Waals surface area contributed by atoms with Gasteiger partial charge in [-0.25, -0.2) is 9.97 Å². The molecule has 7 heteroatoms. The maximum atomic E-state index is 11.9. The van der Waals surface area contributed by atoms with Crippen molar-refractivity contribution in [3.63, 3.8) is 0 Å². The standard InChI is InChI=1S/C12H16Cl2N4O/c13-11-10(12(14)17-7-16-11)18-9(19)4-3-8-2-1-5-15-6-8/h7-8,15H,1-6H2,(H,18,19). The van der Waals surface area contributed by atoms with Crippen molar-refractivity contribution in [2.75, 3.05) is 18.4 Å². The van der Waals surface area contributed by atoms with Crippen LogP contribution in [-0.4, -0.2) is 29.0 Å². The molecule has 1 aromatic heterocycles. The predicted molar refractivity (Wildman–Crippen MR) is 75.5 cm³/mol. The molecule has 104 valence electrons. The van der Waals surface area contributed by atoms with Gasteiger partial charge in [-0.05, 0) is 38.3 Å². The van der Waals surface area contributed by atoms with Gasteiger partial charge < -0.3 is 10.6 Å². The fourth-order valence-electron chi connectivity index (χ4n) is 2.16. The number of hydrogen-bond acceptors (Lipinski definition) is 4. The summed E-state index contributed by atoms with van der Waals surface area (Å²) < 4.78 is 0. The second-order valence-electron chi connectivity index (χ2n) is 4.63. The highest BCUT2D eigenvalue weighted by Gasteiger charge is 2.16. The van der Waals surface area contributed by atoms with Gasteiger partial charge in [-0.1, -0.05) is 23.2 Å². The molecule has 19 heavy (non-hydrogen) atoms. The summed E-state index contributed by atoms with van der Waals surface area (Å²) in [6, 6.07) is 0. The normalized spacial score (nSPS) is 19.2. The lowest BCUT2D eigenvalue weighted by molar-refractivity contribution is -0.116. The van der Waals surface area contributed by atoms with Gasteiger partial charge in [0.2, 0.25) is 5.91 Å². The minimum Gasteiger partial charge on any atom is -0.321 e. The van der Waals surface area contributed by atoms with E-state index in [1.807, 2.05) is 0 Å². The topological polar surface area (TPSA) is 66.9 Å². The number of amides is 1. The minimum absolute atomic E-state index is 0.107. The van der Waals surface area contributed by atoms with E-state index in [1.54, 1.807) is 0 Å². The summed E-state index contributed by atoms with van der Waals surface area (Å²) in [5.41, 5.74) is 0.289. The van der Waals surface area contributed by atoms with Crippen molar-refractivity contribution in [2.45, 2.75) is 25.7 Å². The number of carbonyl (C=O) groups excluding carboxylic acids is 1. The van der Waals surface area contributed by atoms with Gasteiger partial charge in [-0.15, -0.1) is 0 Å². The summed E-state index contributed by atoms with van der Waals surface area (Å²) >= 11 is 11.7. The SMILES string of the molecule is O=C(CCC1CCCNC1)Nc1c(Cl)ncnc1Cl. The van der Waals surface area contributed by atoms with Gasteiger partial charge in [-0.3, -0.25) is 4.79 Å². The minimum atomic E-state index is -0.107. The highest BCUT2D eigenvalue weighted by Crippen LogP contribution is 2.26. The smallest absolute Gasteiger partial charge is 0.224 e. The third kappa shape index (κ3) is 4.30. The average Bonchev–Trinajstić information content (AvgIpc) is 2.42. The van der Waals surface area contributed by atoms with E-state index in [0.717, 1.165) is 19.5 Å². The first kappa shape index (κ1) is 14.5. The molecule has 5 nitrogen and oxygen atoms in total. The summed E-state index contributed by atoms with van der Waals surface area (Å²) in [7, 11) is 0.